The molecule has 1 heterocycles. The van der Waals surface area contributed by atoms with Crippen LogP contribution in [0.3, 0.4) is 0 Å². The van der Waals surface area contributed by atoms with Gasteiger partial charge in [-0.05, 0) is 62.3 Å². The van der Waals surface area contributed by atoms with Crippen LogP contribution in [-0.2, 0) is 11.2 Å². The van der Waals surface area contributed by atoms with Crippen LogP contribution in [0.5, 0.6) is 0 Å². The average Bonchev–Trinajstić information content (AvgIpc) is 2.89. The van der Waals surface area contributed by atoms with Crippen LogP contribution in [0.1, 0.15) is 63.6 Å². The van der Waals surface area contributed by atoms with E-state index in [0.717, 1.165) is 18.4 Å². The van der Waals surface area contributed by atoms with Crippen LogP contribution in [0, 0.1) is 0 Å². The molecule has 0 bridgehead atoms. The third-order valence-corrected chi connectivity index (χ3v) is 4.38. The van der Waals surface area contributed by atoms with Crippen LogP contribution in [0.4, 0.5) is 4.79 Å². The molecule has 0 radical (unpaired) electrons. The molecule has 1 aliphatic carbocycles. The molecule has 0 saturated heterocycles. The molecule has 122 valence electrons. The zero-order valence-corrected chi connectivity index (χ0v) is 14.6. The highest BCUT2D eigenvalue weighted by molar-refractivity contribution is 5.96. The van der Waals surface area contributed by atoms with Gasteiger partial charge in [0.1, 0.15) is 5.60 Å². The fourth-order valence-electron chi connectivity index (χ4n) is 3.37. The summed E-state index contributed by atoms with van der Waals surface area (Å²) in [5, 5.41) is 1.17. The summed E-state index contributed by atoms with van der Waals surface area (Å²) in [5.74, 6) is 0.402. The Morgan fingerprint density at radius 1 is 1.39 bits per heavy atom. The van der Waals surface area contributed by atoms with E-state index in [1.807, 2.05) is 33.0 Å². The third-order valence-electron chi connectivity index (χ3n) is 4.38. The Labute approximate surface area is 137 Å². The Balaban J connectivity index is 2.25. The quantitative estimate of drug-likeness (QED) is 0.695. The van der Waals surface area contributed by atoms with Gasteiger partial charge in [-0.2, -0.15) is 0 Å². The largest absolute Gasteiger partial charge is 0.443 e. The number of rotatable bonds is 1. The second-order valence-electron chi connectivity index (χ2n) is 7.36. The predicted octanol–water partition coefficient (Wildman–Crippen LogP) is 5.51. The molecule has 1 atom stereocenters. The summed E-state index contributed by atoms with van der Waals surface area (Å²) in [6.45, 7) is 10.1. The topological polar surface area (TPSA) is 31.2 Å². The number of allylic oxidation sites excluding steroid dienone is 1. The van der Waals surface area contributed by atoms with E-state index in [0.29, 0.717) is 5.92 Å². The molecule has 3 rings (SSSR count). The number of hydrogen-bond acceptors (Lipinski definition) is 2. The molecule has 1 aromatic heterocycles. The monoisotopic (exact) mass is 311 g/mol. The van der Waals surface area contributed by atoms with Gasteiger partial charge in [0.05, 0.1) is 5.52 Å². The summed E-state index contributed by atoms with van der Waals surface area (Å²) in [6.07, 6.45) is 7.91. The standard InChI is InChI=1S/C20H25NO2/c1-6-14-12-15-9-7-8-13(2)17(15)18-16(14)10-11-21(18)19(22)23-20(3,4)5/h7,9-13H,6,8H2,1-5H3. The lowest BCUT2D eigenvalue weighted by molar-refractivity contribution is 0.0544. The minimum Gasteiger partial charge on any atom is -0.443 e. The number of carbonyl (C=O) groups is 1. The average molecular weight is 311 g/mol. The maximum absolute atomic E-state index is 12.7. The highest BCUT2D eigenvalue weighted by Crippen LogP contribution is 2.38. The first-order chi connectivity index (χ1) is 10.8. The van der Waals surface area contributed by atoms with Crippen LogP contribution in [0.25, 0.3) is 17.0 Å². The lowest BCUT2D eigenvalue weighted by atomic mass is 9.85. The maximum Gasteiger partial charge on any atom is 0.419 e. The molecule has 3 nitrogen and oxygen atoms in total. The maximum atomic E-state index is 12.7. The van der Waals surface area contributed by atoms with Crippen LogP contribution in [-0.4, -0.2) is 16.3 Å². The van der Waals surface area contributed by atoms with Crippen molar-refractivity contribution in [1.29, 1.82) is 0 Å². The number of aryl methyl sites for hydroxylation is 1. The zero-order chi connectivity index (χ0) is 16.8. The van der Waals surface area contributed by atoms with Crippen molar-refractivity contribution in [2.75, 3.05) is 0 Å². The molecule has 0 aliphatic heterocycles. The molecule has 23 heavy (non-hydrogen) atoms. The Morgan fingerprint density at radius 2 is 2.13 bits per heavy atom. The predicted molar refractivity (Wildman–Crippen MR) is 95.0 cm³/mol. The lowest BCUT2D eigenvalue weighted by Gasteiger charge is -2.23. The van der Waals surface area contributed by atoms with E-state index in [1.54, 1.807) is 4.57 Å². The molecule has 0 fully saturated rings. The van der Waals surface area contributed by atoms with Crippen LogP contribution >= 0.6 is 0 Å². The summed E-state index contributed by atoms with van der Waals surface area (Å²) in [4.78, 5) is 12.7. The van der Waals surface area contributed by atoms with Crippen molar-refractivity contribution in [1.82, 2.24) is 4.57 Å². The molecular formula is C20H25NO2. The molecule has 1 aliphatic rings. The fourth-order valence-corrected chi connectivity index (χ4v) is 3.37. The molecule has 0 amide bonds. The number of carbonyl (C=O) groups excluding carboxylic acids is 1. The van der Waals surface area contributed by atoms with Crippen LogP contribution in [0.2, 0.25) is 0 Å². The highest BCUT2D eigenvalue weighted by Gasteiger charge is 2.24. The van der Waals surface area contributed by atoms with Gasteiger partial charge in [-0.15, -0.1) is 0 Å². The van der Waals surface area contributed by atoms with E-state index in [-0.39, 0.29) is 6.09 Å². The molecule has 0 N–H and O–H groups in total. The first-order valence-corrected chi connectivity index (χ1v) is 8.38. The highest BCUT2D eigenvalue weighted by atomic mass is 16.6. The Kier molecular flexibility index (Phi) is 3.83. The first-order valence-electron chi connectivity index (χ1n) is 8.38. The van der Waals surface area contributed by atoms with Gasteiger partial charge in [0.2, 0.25) is 0 Å². The first kappa shape index (κ1) is 15.9. The van der Waals surface area contributed by atoms with Gasteiger partial charge in [0.15, 0.2) is 0 Å². The number of nitrogens with zero attached hydrogens (tertiary/aromatic N) is 1. The summed E-state index contributed by atoms with van der Waals surface area (Å²) >= 11 is 0. The van der Waals surface area contributed by atoms with Gasteiger partial charge in [0.25, 0.3) is 0 Å². The SMILES string of the molecule is CCc1cc2c(c3c1ccn3C(=O)OC(C)(C)C)C(C)CC=C2. The molecule has 1 aromatic carbocycles. The minimum absolute atomic E-state index is 0.301. The van der Waals surface area contributed by atoms with Crippen molar-refractivity contribution in [3.8, 4) is 0 Å². The zero-order valence-electron chi connectivity index (χ0n) is 14.6. The van der Waals surface area contributed by atoms with Crippen molar-refractivity contribution < 1.29 is 9.53 Å². The van der Waals surface area contributed by atoms with Crippen molar-refractivity contribution in [2.24, 2.45) is 0 Å². The number of ether oxygens (including phenoxy) is 1. The van der Waals surface area contributed by atoms with Crippen molar-refractivity contribution in [3.05, 3.63) is 41.1 Å². The number of benzene rings is 1. The van der Waals surface area contributed by atoms with Gasteiger partial charge >= 0.3 is 6.09 Å². The van der Waals surface area contributed by atoms with E-state index in [9.17, 15) is 4.79 Å². The summed E-state index contributed by atoms with van der Waals surface area (Å²) < 4.78 is 7.28. The Bertz CT molecular complexity index is 790. The Hall–Kier alpha value is -2.03. The van der Waals surface area contributed by atoms with Gasteiger partial charge in [-0.25, -0.2) is 4.79 Å². The molecule has 2 aromatic rings. The van der Waals surface area contributed by atoms with Gasteiger partial charge in [-0.3, -0.25) is 4.57 Å². The summed E-state index contributed by atoms with van der Waals surface area (Å²) in [7, 11) is 0. The van der Waals surface area contributed by atoms with E-state index >= 15 is 0 Å². The van der Waals surface area contributed by atoms with Crippen molar-refractivity contribution in [3.63, 3.8) is 0 Å². The van der Waals surface area contributed by atoms with Gasteiger partial charge in [0, 0.05) is 11.6 Å². The second-order valence-corrected chi connectivity index (χ2v) is 7.36. The van der Waals surface area contributed by atoms with Crippen LogP contribution in [0.15, 0.2) is 24.4 Å². The minimum atomic E-state index is -0.498. The van der Waals surface area contributed by atoms with Crippen LogP contribution < -0.4 is 0 Å². The molecule has 1 unspecified atom stereocenters. The molecule has 0 spiro atoms. The number of hydrogen-bond donors (Lipinski definition) is 0. The van der Waals surface area contributed by atoms with Crippen molar-refractivity contribution in [2.45, 2.75) is 59.0 Å². The smallest absolute Gasteiger partial charge is 0.419 e. The molecule has 3 heteroatoms. The summed E-state index contributed by atoms with van der Waals surface area (Å²) in [6, 6.07) is 4.31. The summed E-state index contributed by atoms with van der Waals surface area (Å²) in [5.41, 5.74) is 4.29. The third kappa shape index (κ3) is 2.80. The normalized spacial score (nSPS) is 17.3. The molecular weight excluding hydrogens is 286 g/mol. The van der Waals surface area contributed by atoms with Gasteiger partial charge < -0.3 is 4.74 Å². The second kappa shape index (κ2) is 5.55. The van der Waals surface area contributed by atoms with E-state index in [1.165, 1.54) is 22.1 Å². The number of fused-ring (bicyclic) bond motifs is 3. The lowest BCUT2D eigenvalue weighted by Crippen LogP contribution is -2.27. The number of aromatic nitrogens is 1. The van der Waals surface area contributed by atoms with E-state index in [4.69, 9.17) is 4.74 Å². The fraction of sp³-hybridized carbons (Fsp3) is 0.450. The van der Waals surface area contributed by atoms with Gasteiger partial charge in [-0.1, -0.05) is 32.1 Å². The van der Waals surface area contributed by atoms with E-state index < -0.39 is 5.60 Å². The van der Waals surface area contributed by atoms with E-state index in [2.05, 4.69) is 32.1 Å². The Morgan fingerprint density at radius 3 is 2.78 bits per heavy atom. The van der Waals surface area contributed by atoms with Crippen molar-refractivity contribution >= 4 is 23.1 Å². The molecule has 0 saturated carbocycles.